The van der Waals surface area contributed by atoms with E-state index in [0.717, 1.165) is 56.5 Å². The van der Waals surface area contributed by atoms with Crippen molar-refractivity contribution in [3.05, 3.63) is 47.5 Å². The first-order valence-corrected chi connectivity index (χ1v) is 9.75. The van der Waals surface area contributed by atoms with Crippen LogP contribution in [0.25, 0.3) is 0 Å². The summed E-state index contributed by atoms with van der Waals surface area (Å²) in [4.78, 5) is 33.8. The highest BCUT2D eigenvalue weighted by atomic mass is 16.2. The van der Waals surface area contributed by atoms with Gasteiger partial charge in [-0.1, -0.05) is 6.07 Å². The molecule has 7 heteroatoms. The van der Waals surface area contributed by atoms with E-state index < -0.39 is 0 Å². The molecule has 0 aromatic carbocycles. The number of aromatic amines is 1. The fourth-order valence-electron chi connectivity index (χ4n) is 4.12. The van der Waals surface area contributed by atoms with E-state index in [1.165, 1.54) is 0 Å². The standard InChI is InChI=1S/C20H25N5O2/c26-18(12-15-6-5-8-21-13-15)25-11-2-1-7-17(25)19-16(14-22-23-19)20(27)24-9-3-4-10-24/h5-6,8,13-14,17H,1-4,7,9-12H2,(H,22,23)/t17-/m1/s1. The van der Waals surface area contributed by atoms with Crippen LogP contribution in [0.2, 0.25) is 0 Å². The van der Waals surface area contributed by atoms with Gasteiger partial charge in [0.25, 0.3) is 5.91 Å². The molecule has 7 nitrogen and oxygen atoms in total. The van der Waals surface area contributed by atoms with E-state index in [0.29, 0.717) is 18.5 Å². The first-order valence-electron chi connectivity index (χ1n) is 9.75. The normalized spacial score (nSPS) is 20.1. The van der Waals surface area contributed by atoms with Crippen LogP contribution in [0.15, 0.2) is 30.7 Å². The van der Waals surface area contributed by atoms with Crippen LogP contribution >= 0.6 is 0 Å². The lowest BCUT2D eigenvalue weighted by atomic mass is 9.96. The number of nitrogens with one attached hydrogen (secondary N) is 1. The molecule has 0 spiro atoms. The first kappa shape index (κ1) is 17.7. The Hall–Kier alpha value is -2.70. The van der Waals surface area contributed by atoms with Gasteiger partial charge in [0.15, 0.2) is 0 Å². The Kier molecular flexibility index (Phi) is 5.18. The molecule has 27 heavy (non-hydrogen) atoms. The van der Waals surface area contributed by atoms with Gasteiger partial charge in [0, 0.05) is 32.0 Å². The molecule has 2 amide bonds. The summed E-state index contributed by atoms with van der Waals surface area (Å²) in [6, 6.07) is 3.65. The van der Waals surface area contributed by atoms with Crippen molar-refractivity contribution in [2.45, 2.75) is 44.6 Å². The molecule has 2 aliphatic heterocycles. The van der Waals surface area contributed by atoms with Gasteiger partial charge < -0.3 is 9.80 Å². The Morgan fingerprint density at radius 1 is 1.11 bits per heavy atom. The van der Waals surface area contributed by atoms with Gasteiger partial charge >= 0.3 is 0 Å². The van der Waals surface area contributed by atoms with E-state index in [1.54, 1.807) is 18.6 Å². The Bertz CT molecular complexity index is 798. The van der Waals surface area contributed by atoms with Gasteiger partial charge in [-0.3, -0.25) is 19.7 Å². The summed E-state index contributed by atoms with van der Waals surface area (Å²) in [6.07, 6.45) is 10.4. The van der Waals surface area contributed by atoms with E-state index in [2.05, 4.69) is 15.2 Å². The third-order valence-corrected chi connectivity index (χ3v) is 5.53. The molecule has 2 aliphatic rings. The fourth-order valence-corrected chi connectivity index (χ4v) is 4.12. The quantitative estimate of drug-likeness (QED) is 0.899. The Labute approximate surface area is 158 Å². The minimum absolute atomic E-state index is 0.0291. The molecule has 0 unspecified atom stereocenters. The molecular formula is C20H25N5O2. The van der Waals surface area contributed by atoms with E-state index in [1.807, 2.05) is 21.9 Å². The van der Waals surface area contributed by atoms with Gasteiger partial charge in [-0.15, -0.1) is 0 Å². The van der Waals surface area contributed by atoms with Crippen LogP contribution in [-0.4, -0.2) is 56.4 Å². The van der Waals surface area contributed by atoms with Gasteiger partial charge in [-0.25, -0.2) is 0 Å². The number of carbonyl (C=O) groups is 2. The average Bonchev–Trinajstić information content (AvgIpc) is 3.40. The van der Waals surface area contributed by atoms with Gasteiger partial charge in [0.2, 0.25) is 5.91 Å². The van der Waals surface area contributed by atoms with Crippen molar-refractivity contribution >= 4 is 11.8 Å². The van der Waals surface area contributed by atoms with Crippen molar-refractivity contribution in [3.8, 4) is 0 Å². The van der Waals surface area contributed by atoms with Gasteiger partial charge in [-0.2, -0.15) is 5.10 Å². The SMILES string of the molecule is O=C(c1cn[nH]c1[C@H]1CCCCN1C(=O)Cc1cccnc1)N1CCCC1. The van der Waals surface area contributed by atoms with E-state index >= 15 is 0 Å². The molecule has 1 N–H and O–H groups in total. The zero-order chi connectivity index (χ0) is 18.6. The highest BCUT2D eigenvalue weighted by Crippen LogP contribution is 2.33. The van der Waals surface area contributed by atoms with Crippen molar-refractivity contribution in [1.29, 1.82) is 0 Å². The maximum atomic E-state index is 13.0. The van der Waals surface area contributed by atoms with Crippen molar-refractivity contribution in [2.75, 3.05) is 19.6 Å². The van der Waals surface area contributed by atoms with Crippen LogP contribution in [0.4, 0.5) is 0 Å². The molecule has 2 fully saturated rings. The molecule has 2 saturated heterocycles. The van der Waals surface area contributed by atoms with Crippen LogP contribution in [-0.2, 0) is 11.2 Å². The van der Waals surface area contributed by atoms with Gasteiger partial charge in [-0.05, 0) is 43.7 Å². The Morgan fingerprint density at radius 2 is 1.93 bits per heavy atom. The number of hydrogen-bond donors (Lipinski definition) is 1. The number of carbonyl (C=O) groups excluding carboxylic acids is 2. The third kappa shape index (κ3) is 3.72. The molecule has 0 bridgehead atoms. The maximum absolute atomic E-state index is 13.0. The first-order chi connectivity index (χ1) is 13.2. The van der Waals surface area contributed by atoms with Crippen LogP contribution in [0.1, 0.15) is 59.8 Å². The predicted molar refractivity (Wildman–Crippen MR) is 100.0 cm³/mol. The summed E-state index contributed by atoms with van der Waals surface area (Å²) in [5.74, 6) is 0.100. The summed E-state index contributed by atoms with van der Waals surface area (Å²) in [6.45, 7) is 2.32. The van der Waals surface area contributed by atoms with Crippen LogP contribution in [0.3, 0.4) is 0 Å². The van der Waals surface area contributed by atoms with E-state index in [4.69, 9.17) is 0 Å². The second-order valence-electron chi connectivity index (χ2n) is 7.33. The third-order valence-electron chi connectivity index (χ3n) is 5.53. The van der Waals surface area contributed by atoms with Crippen molar-refractivity contribution in [1.82, 2.24) is 25.0 Å². The summed E-state index contributed by atoms with van der Waals surface area (Å²) in [7, 11) is 0. The van der Waals surface area contributed by atoms with Crippen LogP contribution in [0, 0.1) is 0 Å². The zero-order valence-corrected chi connectivity index (χ0v) is 15.4. The summed E-state index contributed by atoms with van der Waals surface area (Å²) in [5, 5.41) is 7.17. The van der Waals surface area contributed by atoms with Crippen LogP contribution in [0.5, 0.6) is 0 Å². The van der Waals surface area contributed by atoms with E-state index in [-0.39, 0.29) is 17.9 Å². The number of piperidine rings is 1. The van der Waals surface area contributed by atoms with Crippen molar-refractivity contribution in [2.24, 2.45) is 0 Å². The lowest BCUT2D eigenvalue weighted by Crippen LogP contribution is -2.40. The zero-order valence-electron chi connectivity index (χ0n) is 15.4. The number of amides is 2. The van der Waals surface area contributed by atoms with Crippen molar-refractivity contribution in [3.63, 3.8) is 0 Å². The minimum Gasteiger partial charge on any atom is -0.339 e. The molecule has 2 aromatic rings. The smallest absolute Gasteiger partial charge is 0.257 e. The second kappa shape index (κ2) is 7.90. The average molecular weight is 367 g/mol. The van der Waals surface area contributed by atoms with Gasteiger partial charge in [0.05, 0.1) is 29.9 Å². The Morgan fingerprint density at radius 3 is 2.70 bits per heavy atom. The molecule has 1 atom stereocenters. The van der Waals surface area contributed by atoms with Crippen LogP contribution < -0.4 is 0 Å². The number of pyridine rings is 1. The largest absolute Gasteiger partial charge is 0.339 e. The molecule has 0 radical (unpaired) electrons. The lowest BCUT2D eigenvalue weighted by Gasteiger charge is -2.36. The summed E-state index contributed by atoms with van der Waals surface area (Å²) >= 11 is 0. The number of nitrogens with zero attached hydrogens (tertiary/aromatic N) is 4. The molecule has 0 aliphatic carbocycles. The molecule has 142 valence electrons. The molecular weight excluding hydrogens is 342 g/mol. The van der Waals surface area contributed by atoms with Gasteiger partial charge in [0.1, 0.15) is 0 Å². The number of rotatable bonds is 4. The number of likely N-dealkylation sites (tertiary alicyclic amines) is 2. The molecule has 4 heterocycles. The summed E-state index contributed by atoms with van der Waals surface area (Å²) in [5.41, 5.74) is 2.30. The second-order valence-corrected chi connectivity index (χ2v) is 7.33. The number of H-pyrrole nitrogens is 1. The van der Waals surface area contributed by atoms with Crippen molar-refractivity contribution < 1.29 is 9.59 Å². The molecule has 2 aromatic heterocycles. The summed E-state index contributed by atoms with van der Waals surface area (Å²) < 4.78 is 0. The molecule has 4 rings (SSSR count). The molecule has 0 saturated carbocycles. The minimum atomic E-state index is -0.119. The number of aromatic nitrogens is 3. The predicted octanol–water partition coefficient (Wildman–Crippen LogP) is 2.34. The number of hydrogen-bond acceptors (Lipinski definition) is 4. The highest BCUT2D eigenvalue weighted by molar-refractivity contribution is 5.95. The fraction of sp³-hybridized carbons (Fsp3) is 0.500. The lowest BCUT2D eigenvalue weighted by molar-refractivity contribution is -0.134. The maximum Gasteiger partial charge on any atom is 0.257 e. The highest BCUT2D eigenvalue weighted by Gasteiger charge is 2.33. The van der Waals surface area contributed by atoms with E-state index in [9.17, 15) is 9.59 Å². The topological polar surface area (TPSA) is 82.2 Å². The monoisotopic (exact) mass is 367 g/mol. The Balaban J connectivity index is 1.55.